The first-order chi connectivity index (χ1) is 11.5. The molecule has 0 amide bonds. The Bertz CT molecular complexity index is 790. The van der Waals surface area contributed by atoms with Gasteiger partial charge in [0.25, 0.3) is 0 Å². The van der Waals surface area contributed by atoms with Gasteiger partial charge >= 0.3 is 0 Å². The Morgan fingerprint density at radius 2 is 2.04 bits per heavy atom. The van der Waals surface area contributed by atoms with E-state index in [9.17, 15) is 0 Å². The van der Waals surface area contributed by atoms with Crippen molar-refractivity contribution in [3.63, 3.8) is 0 Å². The van der Waals surface area contributed by atoms with Crippen molar-refractivity contribution in [2.45, 2.75) is 50.7 Å². The fraction of sp³-hybridized carbons (Fsp3) is 0.529. The van der Waals surface area contributed by atoms with Crippen molar-refractivity contribution in [2.24, 2.45) is 0 Å². The third-order valence-corrected chi connectivity index (χ3v) is 5.03. The van der Waals surface area contributed by atoms with Gasteiger partial charge < -0.3 is 14.2 Å². The summed E-state index contributed by atoms with van der Waals surface area (Å²) < 4.78 is 20.2. The summed E-state index contributed by atoms with van der Waals surface area (Å²) in [5, 5.41) is 8.42. The van der Waals surface area contributed by atoms with E-state index < -0.39 is 5.79 Å². The Morgan fingerprint density at radius 3 is 2.92 bits per heavy atom. The number of fused-ring (bicyclic) bond motifs is 7. The van der Waals surface area contributed by atoms with Crippen molar-refractivity contribution >= 4 is 0 Å². The Labute approximate surface area is 140 Å². The molecule has 0 N–H and O–H groups in total. The van der Waals surface area contributed by atoms with E-state index in [1.165, 1.54) is 5.56 Å². The van der Waals surface area contributed by atoms with Gasteiger partial charge in [-0.3, -0.25) is 4.90 Å². The molecule has 3 aliphatic heterocycles. The quantitative estimate of drug-likeness (QED) is 0.732. The molecule has 126 valence electrons. The lowest BCUT2D eigenvalue weighted by atomic mass is 10.00. The zero-order chi connectivity index (χ0) is 16.5. The topological polar surface area (TPSA) is 61.6 Å². The maximum Gasteiger partial charge on any atom is 0.189 e. The third-order valence-electron chi connectivity index (χ3n) is 5.03. The largest absolute Gasteiger partial charge is 0.340 e. The molecule has 0 aliphatic carbocycles. The van der Waals surface area contributed by atoms with Gasteiger partial charge in [-0.15, -0.1) is 5.10 Å². The van der Waals surface area contributed by atoms with Crippen molar-refractivity contribution in [1.29, 1.82) is 0 Å². The van der Waals surface area contributed by atoms with Gasteiger partial charge in [0.2, 0.25) is 0 Å². The average Bonchev–Trinajstić information content (AvgIpc) is 3.17. The summed E-state index contributed by atoms with van der Waals surface area (Å²) in [7, 11) is 2.11. The second-order valence-corrected chi connectivity index (χ2v) is 7.13. The number of hydrogen-bond acceptors (Lipinski definition) is 6. The van der Waals surface area contributed by atoms with Crippen molar-refractivity contribution in [3.05, 3.63) is 41.7 Å². The minimum absolute atomic E-state index is 0.0439. The van der Waals surface area contributed by atoms with E-state index >= 15 is 0 Å². The van der Waals surface area contributed by atoms with Crippen LogP contribution in [0.5, 0.6) is 0 Å². The van der Waals surface area contributed by atoms with Crippen LogP contribution in [0.15, 0.2) is 30.5 Å². The van der Waals surface area contributed by atoms with Crippen LogP contribution in [-0.2, 0) is 20.8 Å². The van der Waals surface area contributed by atoms with Gasteiger partial charge in [-0.1, -0.05) is 23.4 Å². The lowest BCUT2D eigenvalue weighted by Gasteiger charge is -2.34. The molecule has 1 aromatic heterocycles. The molecule has 2 fully saturated rings. The van der Waals surface area contributed by atoms with E-state index in [0.29, 0.717) is 0 Å². The highest BCUT2D eigenvalue weighted by Gasteiger charge is 2.57. The SMILES string of the molecule is CN1Cc2ccccc2-n2nncc2[C@H]2O[C@@H]3OC(C)(C)O[C@@H]3[C@H]21. The first-order valence-electron chi connectivity index (χ1n) is 8.24. The van der Waals surface area contributed by atoms with Crippen LogP contribution in [0.1, 0.15) is 31.2 Å². The minimum Gasteiger partial charge on any atom is -0.340 e. The van der Waals surface area contributed by atoms with Crippen LogP contribution >= 0.6 is 0 Å². The lowest BCUT2D eigenvalue weighted by Crippen LogP contribution is -2.44. The van der Waals surface area contributed by atoms with E-state index in [-0.39, 0.29) is 24.5 Å². The molecule has 0 unspecified atom stereocenters. The summed E-state index contributed by atoms with van der Waals surface area (Å²) >= 11 is 0. The number of aromatic nitrogens is 3. The van der Waals surface area contributed by atoms with E-state index in [0.717, 1.165) is 17.9 Å². The summed E-state index contributed by atoms with van der Waals surface area (Å²) in [6.45, 7) is 4.63. The molecule has 0 radical (unpaired) electrons. The molecule has 7 nitrogen and oxygen atoms in total. The zero-order valence-electron chi connectivity index (χ0n) is 13.9. The molecule has 24 heavy (non-hydrogen) atoms. The van der Waals surface area contributed by atoms with Gasteiger partial charge in [-0.05, 0) is 32.5 Å². The van der Waals surface area contributed by atoms with E-state index in [1.807, 2.05) is 24.6 Å². The summed E-state index contributed by atoms with van der Waals surface area (Å²) in [5.74, 6) is -0.625. The number of rotatable bonds is 0. The zero-order valence-corrected chi connectivity index (χ0v) is 13.9. The maximum atomic E-state index is 6.24. The van der Waals surface area contributed by atoms with Crippen LogP contribution < -0.4 is 0 Å². The number of benzene rings is 1. The molecular weight excluding hydrogens is 308 g/mol. The maximum absolute atomic E-state index is 6.24. The summed E-state index contributed by atoms with van der Waals surface area (Å²) in [6, 6.07) is 8.30. The van der Waals surface area contributed by atoms with Crippen LogP contribution in [0, 0.1) is 0 Å². The predicted octanol–water partition coefficient (Wildman–Crippen LogP) is 1.63. The molecule has 5 rings (SSSR count). The van der Waals surface area contributed by atoms with E-state index in [2.05, 4.69) is 40.5 Å². The Kier molecular flexibility index (Phi) is 2.94. The van der Waals surface area contributed by atoms with Crippen molar-refractivity contribution < 1.29 is 14.2 Å². The fourth-order valence-electron chi connectivity index (χ4n) is 4.07. The molecule has 2 aromatic rings. The third kappa shape index (κ3) is 1.99. The van der Waals surface area contributed by atoms with Crippen LogP contribution in [0.2, 0.25) is 0 Å². The summed E-state index contributed by atoms with van der Waals surface area (Å²) in [5.41, 5.74) is 3.17. The number of hydrogen-bond donors (Lipinski definition) is 0. The Morgan fingerprint density at radius 1 is 1.21 bits per heavy atom. The number of likely N-dealkylation sites (N-methyl/N-ethyl adjacent to an activating group) is 1. The van der Waals surface area contributed by atoms with Gasteiger partial charge in [0.1, 0.15) is 12.2 Å². The van der Waals surface area contributed by atoms with E-state index in [1.54, 1.807) is 6.20 Å². The Balaban J connectivity index is 1.63. The molecule has 0 spiro atoms. The number of nitrogens with zero attached hydrogens (tertiary/aromatic N) is 4. The van der Waals surface area contributed by atoms with Crippen molar-refractivity contribution in [1.82, 2.24) is 19.9 Å². The smallest absolute Gasteiger partial charge is 0.189 e. The highest BCUT2D eigenvalue weighted by Crippen LogP contribution is 2.46. The molecule has 2 saturated heterocycles. The first kappa shape index (κ1) is 14.5. The molecule has 3 aliphatic rings. The van der Waals surface area contributed by atoms with Crippen LogP contribution in [0.3, 0.4) is 0 Å². The fourth-order valence-corrected chi connectivity index (χ4v) is 4.07. The number of ether oxygens (including phenoxy) is 3. The first-order valence-corrected chi connectivity index (χ1v) is 8.24. The molecule has 4 heterocycles. The number of para-hydroxylation sites is 1. The summed E-state index contributed by atoms with van der Waals surface area (Å²) in [4.78, 5) is 2.29. The summed E-state index contributed by atoms with van der Waals surface area (Å²) in [6.07, 6.45) is 1.08. The normalized spacial score (nSPS) is 34.0. The highest BCUT2D eigenvalue weighted by atomic mass is 16.8. The lowest BCUT2D eigenvalue weighted by molar-refractivity contribution is -0.212. The van der Waals surface area contributed by atoms with Gasteiger partial charge in [0, 0.05) is 6.54 Å². The monoisotopic (exact) mass is 328 g/mol. The van der Waals surface area contributed by atoms with Gasteiger partial charge in [0.05, 0.1) is 23.6 Å². The molecule has 4 atom stereocenters. The van der Waals surface area contributed by atoms with E-state index in [4.69, 9.17) is 14.2 Å². The second-order valence-electron chi connectivity index (χ2n) is 7.13. The van der Waals surface area contributed by atoms with Gasteiger partial charge in [-0.25, -0.2) is 4.68 Å². The van der Waals surface area contributed by atoms with Gasteiger partial charge in [-0.2, -0.15) is 0 Å². The Hall–Kier alpha value is -1.80. The average molecular weight is 328 g/mol. The van der Waals surface area contributed by atoms with Crippen LogP contribution in [-0.4, -0.2) is 51.2 Å². The second kappa shape index (κ2) is 4.86. The highest BCUT2D eigenvalue weighted by molar-refractivity contribution is 5.42. The van der Waals surface area contributed by atoms with Crippen LogP contribution in [0.25, 0.3) is 5.69 Å². The standard InChI is InChI=1S/C17H20N4O3/c1-17(2)23-15-13-14(22-16(15)24-17)12-8-18-19-21(12)11-7-5-4-6-10(11)9-20(13)3/h4-8,13-16H,9H2,1-3H3/t13-,14+,15+,16+/m0/s1. The molecule has 0 saturated carbocycles. The molecule has 0 bridgehead atoms. The molecular formula is C17H20N4O3. The van der Waals surface area contributed by atoms with Crippen molar-refractivity contribution in [3.8, 4) is 5.69 Å². The van der Waals surface area contributed by atoms with Gasteiger partial charge in [0.15, 0.2) is 12.1 Å². The minimum atomic E-state index is -0.625. The van der Waals surface area contributed by atoms with Crippen molar-refractivity contribution in [2.75, 3.05) is 7.05 Å². The molecule has 7 heteroatoms. The van der Waals surface area contributed by atoms with Crippen LogP contribution in [0.4, 0.5) is 0 Å². The molecule has 1 aromatic carbocycles. The predicted molar refractivity (Wildman–Crippen MR) is 84.3 cm³/mol.